The third kappa shape index (κ3) is 3.79. The van der Waals surface area contributed by atoms with Crippen LogP contribution in [0.4, 0.5) is 4.79 Å². The van der Waals surface area contributed by atoms with Crippen molar-refractivity contribution in [2.45, 2.75) is 37.6 Å². The molecule has 16 heavy (non-hydrogen) atoms. The first-order valence-corrected chi connectivity index (χ1v) is 5.53. The van der Waals surface area contributed by atoms with E-state index in [2.05, 4.69) is 5.32 Å². The molecule has 1 fully saturated rings. The summed E-state index contributed by atoms with van der Waals surface area (Å²) in [4.78, 5) is 21.6. The van der Waals surface area contributed by atoms with Crippen molar-refractivity contribution in [3.8, 4) is 0 Å². The van der Waals surface area contributed by atoms with Crippen molar-refractivity contribution in [3.63, 3.8) is 0 Å². The summed E-state index contributed by atoms with van der Waals surface area (Å²) < 4.78 is 0. The third-order valence-corrected chi connectivity index (χ3v) is 3.00. The van der Waals surface area contributed by atoms with Gasteiger partial charge in [-0.1, -0.05) is 19.3 Å². The predicted octanol–water partition coefficient (Wildman–Crippen LogP) is -0.534. The number of nitrogens with one attached hydrogen (secondary N) is 2. The normalized spacial score (nSPS) is 19.1. The number of rotatable bonds is 4. The third-order valence-electron chi connectivity index (χ3n) is 3.00. The van der Waals surface area contributed by atoms with Gasteiger partial charge >= 0.3 is 6.03 Å². The van der Waals surface area contributed by atoms with Gasteiger partial charge in [0.05, 0.1) is 13.2 Å². The van der Waals surface area contributed by atoms with E-state index in [1.54, 1.807) is 0 Å². The number of hydrogen-bond acceptors (Lipinski definition) is 4. The molecule has 6 heteroatoms. The highest BCUT2D eigenvalue weighted by atomic mass is 16.3. The van der Waals surface area contributed by atoms with E-state index in [1.807, 2.05) is 5.32 Å². The lowest BCUT2D eigenvalue weighted by molar-refractivity contribution is -0.119. The number of imide groups is 1. The Bertz CT molecular complexity index is 262. The molecule has 0 atom stereocenters. The number of primary amides is 1. The highest BCUT2D eigenvalue weighted by Crippen LogP contribution is 2.27. The number of urea groups is 1. The molecular formula is C10H19N3O3. The van der Waals surface area contributed by atoms with E-state index in [0.717, 1.165) is 32.1 Å². The van der Waals surface area contributed by atoms with Crippen molar-refractivity contribution in [2.24, 2.45) is 5.73 Å². The van der Waals surface area contributed by atoms with Crippen molar-refractivity contribution in [2.75, 3.05) is 13.2 Å². The zero-order chi connectivity index (χ0) is 12.0. The van der Waals surface area contributed by atoms with Crippen molar-refractivity contribution in [1.82, 2.24) is 10.6 Å². The van der Waals surface area contributed by atoms with Crippen LogP contribution < -0.4 is 16.4 Å². The Morgan fingerprint density at radius 3 is 2.38 bits per heavy atom. The molecule has 0 unspecified atom stereocenters. The van der Waals surface area contributed by atoms with Gasteiger partial charge in [-0.3, -0.25) is 10.1 Å². The summed E-state index contributed by atoms with van der Waals surface area (Å²) in [6.45, 7) is 0.0142. The fourth-order valence-electron chi connectivity index (χ4n) is 2.07. The molecule has 0 aromatic heterocycles. The Hall–Kier alpha value is -1.14. The number of aliphatic hydroxyl groups is 1. The largest absolute Gasteiger partial charge is 0.394 e. The van der Waals surface area contributed by atoms with Crippen LogP contribution in [0.3, 0.4) is 0 Å². The van der Waals surface area contributed by atoms with Gasteiger partial charge in [-0.05, 0) is 12.8 Å². The van der Waals surface area contributed by atoms with Gasteiger partial charge in [0.1, 0.15) is 0 Å². The second-order valence-electron chi connectivity index (χ2n) is 4.27. The van der Waals surface area contributed by atoms with E-state index >= 15 is 0 Å². The number of amides is 3. The molecule has 0 aromatic rings. The predicted molar refractivity (Wildman–Crippen MR) is 58.6 cm³/mol. The zero-order valence-electron chi connectivity index (χ0n) is 9.29. The molecule has 5 N–H and O–H groups in total. The molecule has 1 aliphatic rings. The summed E-state index contributed by atoms with van der Waals surface area (Å²) in [5.74, 6) is -0.467. The summed E-state index contributed by atoms with van der Waals surface area (Å²) >= 11 is 0. The molecule has 0 radical (unpaired) electrons. The van der Waals surface area contributed by atoms with Crippen LogP contribution in [0.1, 0.15) is 32.1 Å². The molecule has 92 valence electrons. The Kier molecular flexibility index (Phi) is 4.70. The van der Waals surface area contributed by atoms with Crippen molar-refractivity contribution < 1.29 is 14.7 Å². The van der Waals surface area contributed by atoms with Crippen molar-refractivity contribution >= 4 is 11.9 Å². The van der Waals surface area contributed by atoms with E-state index in [1.165, 1.54) is 0 Å². The first-order valence-electron chi connectivity index (χ1n) is 5.53. The number of carbonyl (C=O) groups is 2. The summed E-state index contributed by atoms with van der Waals surface area (Å²) in [6, 6.07) is -0.853. The van der Waals surface area contributed by atoms with Gasteiger partial charge in [-0.25, -0.2) is 4.79 Å². The summed E-state index contributed by atoms with van der Waals surface area (Å²) in [5.41, 5.74) is 4.45. The van der Waals surface area contributed by atoms with Crippen LogP contribution >= 0.6 is 0 Å². The molecule has 3 amide bonds. The van der Waals surface area contributed by atoms with Crippen LogP contribution in [0.15, 0.2) is 0 Å². The van der Waals surface area contributed by atoms with Gasteiger partial charge in [-0.15, -0.1) is 0 Å². The molecule has 1 aliphatic carbocycles. The van der Waals surface area contributed by atoms with Gasteiger partial charge in [0.2, 0.25) is 5.91 Å². The van der Waals surface area contributed by atoms with E-state index in [-0.39, 0.29) is 18.7 Å². The van der Waals surface area contributed by atoms with Crippen LogP contribution in [0.2, 0.25) is 0 Å². The highest BCUT2D eigenvalue weighted by molar-refractivity contribution is 5.94. The smallest absolute Gasteiger partial charge is 0.318 e. The monoisotopic (exact) mass is 229 g/mol. The minimum absolute atomic E-state index is 0.00347. The average Bonchev–Trinajstić information content (AvgIpc) is 2.27. The molecule has 1 saturated carbocycles. The first kappa shape index (κ1) is 12.9. The van der Waals surface area contributed by atoms with E-state index < -0.39 is 11.9 Å². The van der Waals surface area contributed by atoms with Crippen LogP contribution in [-0.2, 0) is 4.79 Å². The summed E-state index contributed by atoms with van der Waals surface area (Å²) in [7, 11) is 0. The minimum atomic E-state index is -0.853. The molecule has 6 nitrogen and oxygen atoms in total. The van der Waals surface area contributed by atoms with Crippen LogP contribution in [-0.4, -0.2) is 35.7 Å². The number of carbonyl (C=O) groups excluding carboxylic acids is 2. The van der Waals surface area contributed by atoms with Gasteiger partial charge in [-0.2, -0.15) is 0 Å². The minimum Gasteiger partial charge on any atom is -0.394 e. The lowest BCUT2D eigenvalue weighted by atomic mass is 9.82. The Morgan fingerprint density at radius 2 is 1.88 bits per heavy atom. The SMILES string of the molecule is NC(=O)NC(=O)CNC1(CO)CCCCC1. The van der Waals surface area contributed by atoms with Crippen LogP contribution in [0, 0.1) is 0 Å². The topological polar surface area (TPSA) is 104 Å². The Morgan fingerprint density at radius 1 is 1.25 bits per heavy atom. The number of aliphatic hydroxyl groups excluding tert-OH is 1. The van der Waals surface area contributed by atoms with E-state index in [0.29, 0.717) is 0 Å². The molecule has 0 heterocycles. The van der Waals surface area contributed by atoms with Crippen molar-refractivity contribution in [1.29, 1.82) is 0 Å². The zero-order valence-corrected chi connectivity index (χ0v) is 9.29. The Balaban J connectivity index is 2.38. The Labute approximate surface area is 94.6 Å². The van der Waals surface area contributed by atoms with Gasteiger partial charge < -0.3 is 16.2 Å². The summed E-state index contributed by atoms with van der Waals surface area (Å²) in [6.07, 6.45) is 4.97. The van der Waals surface area contributed by atoms with E-state index in [9.17, 15) is 14.7 Å². The number of nitrogens with two attached hydrogens (primary N) is 1. The molecule has 0 spiro atoms. The van der Waals surface area contributed by atoms with Gasteiger partial charge in [0, 0.05) is 5.54 Å². The van der Waals surface area contributed by atoms with Crippen molar-refractivity contribution in [3.05, 3.63) is 0 Å². The molecule has 0 saturated heterocycles. The molecule has 1 rings (SSSR count). The molecule has 0 bridgehead atoms. The highest BCUT2D eigenvalue weighted by Gasteiger charge is 2.31. The maximum Gasteiger partial charge on any atom is 0.318 e. The van der Waals surface area contributed by atoms with Gasteiger partial charge in [0.15, 0.2) is 0 Å². The second-order valence-corrected chi connectivity index (χ2v) is 4.27. The lowest BCUT2D eigenvalue weighted by Gasteiger charge is -2.36. The molecule has 0 aliphatic heterocycles. The maximum atomic E-state index is 11.2. The maximum absolute atomic E-state index is 11.2. The van der Waals surface area contributed by atoms with Gasteiger partial charge in [0.25, 0.3) is 0 Å². The number of hydrogen-bond donors (Lipinski definition) is 4. The second kappa shape index (κ2) is 5.81. The molecular weight excluding hydrogens is 210 g/mol. The quantitative estimate of drug-likeness (QED) is 0.520. The fourth-order valence-corrected chi connectivity index (χ4v) is 2.07. The van der Waals surface area contributed by atoms with E-state index in [4.69, 9.17) is 5.73 Å². The lowest BCUT2D eigenvalue weighted by Crippen LogP contribution is -2.53. The molecule has 0 aromatic carbocycles. The standard InChI is InChI=1S/C10H19N3O3/c11-9(16)13-8(15)6-12-10(7-14)4-2-1-3-5-10/h12,14H,1-7H2,(H3,11,13,15,16). The fraction of sp³-hybridized carbons (Fsp3) is 0.800. The van der Waals surface area contributed by atoms with Crippen LogP contribution in [0.25, 0.3) is 0 Å². The first-order chi connectivity index (χ1) is 7.58. The van der Waals surface area contributed by atoms with Crippen LogP contribution in [0.5, 0.6) is 0 Å². The summed E-state index contributed by atoms with van der Waals surface area (Å²) in [5, 5.41) is 14.4. The average molecular weight is 229 g/mol.